The molecule has 6 nitrogen and oxygen atoms in total. The molecule has 0 fully saturated rings. The fraction of sp³-hybridized carbons (Fsp3) is 0. The Hall–Kier alpha value is -3.41. The fourth-order valence-electron chi connectivity index (χ4n) is 2.32. The van der Waals surface area contributed by atoms with Gasteiger partial charge < -0.3 is 16.8 Å². The molecule has 0 saturated carbocycles. The van der Waals surface area contributed by atoms with Crippen LogP contribution in [0.15, 0.2) is 55.1 Å². The Morgan fingerprint density at radius 3 is 2.65 bits per heavy atom. The Labute approximate surface area is 132 Å². The van der Waals surface area contributed by atoms with Gasteiger partial charge in [-0.2, -0.15) is 4.98 Å². The zero-order valence-electron chi connectivity index (χ0n) is 12.3. The van der Waals surface area contributed by atoms with Gasteiger partial charge in [0.05, 0.1) is 5.52 Å². The van der Waals surface area contributed by atoms with Crippen molar-refractivity contribution in [2.45, 2.75) is 0 Å². The Balaban J connectivity index is 2.04. The first kappa shape index (κ1) is 14.5. The average Bonchev–Trinajstić information content (AvgIpc) is 2.54. The molecule has 0 aliphatic rings. The van der Waals surface area contributed by atoms with E-state index in [-0.39, 0.29) is 11.9 Å². The number of fused-ring (bicyclic) bond motifs is 1. The Kier molecular flexibility index (Phi) is 3.64. The molecule has 5 N–H and O–H groups in total. The molecule has 23 heavy (non-hydrogen) atoms. The van der Waals surface area contributed by atoms with Crippen molar-refractivity contribution in [1.82, 2.24) is 9.97 Å². The molecule has 114 valence electrons. The SMILES string of the molecule is C=CC(=O)Nc1cccc(-c2ccc3c(N)nc(N)nc3c2)c1. The summed E-state index contributed by atoms with van der Waals surface area (Å²) in [6, 6.07) is 13.2. The van der Waals surface area contributed by atoms with E-state index >= 15 is 0 Å². The fourth-order valence-corrected chi connectivity index (χ4v) is 2.32. The highest BCUT2D eigenvalue weighted by atomic mass is 16.1. The lowest BCUT2D eigenvalue weighted by Crippen LogP contribution is -2.06. The van der Waals surface area contributed by atoms with Gasteiger partial charge in [0.25, 0.3) is 0 Å². The van der Waals surface area contributed by atoms with E-state index in [9.17, 15) is 4.79 Å². The van der Waals surface area contributed by atoms with Gasteiger partial charge >= 0.3 is 0 Å². The van der Waals surface area contributed by atoms with Crippen molar-refractivity contribution in [3.63, 3.8) is 0 Å². The monoisotopic (exact) mass is 305 g/mol. The summed E-state index contributed by atoms with van der Waals surface area (Å²) in [5, 5.41) is 3.48. The van der Waals surface area contributed by atoms with E-state index in [1.807, 2.05) is 42.5 Å². The van der Waals surface area contributed by atoms with Gasteiger partial charge in [-0.25, -0.2) is 4.98 Å². The topological polar surface area (TPSA) is 107 Å². The van der Waals surface area contributed by atoms with Gasteiger partial charge in [-0.05, 0) is 41.5 Å². The lowest BCUT2D eigenvalue weighted by Gasteiger charge is -2.08. The summed E-state index contributed by atoms with van der Waals surface area (Å²) in [6.45, 7) is 3.44. The third kappa shape index (κ3) is 2.96. The number of nitrogen functional groups attached to an aromatic ring is 2. The quantitative estimate of drug-likeness (QED) is 0.645. The maximum absolute atomic E-state index is 11.4. The molecule has 0 aliphatic heterocycles. The third-order valence-electron chi connectivity index (χ3n) is 3.39. The summed E-state index contributed by atoms with van der Waals surface area (Å²) in [6.07, 6.45) is 1.23. The van der Waals surface area contributed by atoms with Crippen molar-refractivity contribution < 1.29 is 4.79 Å². The first-order valence-corrected chi connectivity index (χ1v) is 6.93. The van der Waals surface area contributed by atoms with Crippen LogP contribution in [0.25, 0.3) is 22.0 Å². The van der Waals surface area contributed by atoms with Crippen molar-refractivity contribution in [2.24, 2.45) is 0 Å². The Bertz CT molecular complexity index is 920. The zero-order valence-corrected chi connectivity index (χ0v) is 12.3. The number of nitrogens with one attached hydrogen (secondary N) is 1. The smallest absolute Gasteiger partial charge is 0.247 e. The molecule has 0 saturated heterocycles. The lowest BCUT2D eigenvalue weighted by molar-refractivity contribution is -0.111. The van der Waals surface area contributed by atoms with Gasteiger partial charge in [-0.3, -0.25) is 4.79 Å². The van der Waals surface area contributed by atoms with E-state index in [4.69, 9.17) is 11.5 Å². The van der Waals surface area contributed by atoms with Crippen LogP contribution in [0.5, 0.6) is 0 Å². The van der Waals surface area contributed by atoms with Crippen LogP contribution in [0.2, 0.25) is 0 Å². The highest BCUT2D eigenvalue weighted by Crippen LogP contribution is 2.27. The van der Waals surface area contributed by atoms with Gasteiger partial charge in [0.2, 0.25) is 11.9 Å². The molecule has 1 amide bonds. The van der Waals surface area contributed by atoms with Crippen LogP contribution in [0.1, 0.15) is 0 Å². The van der Waals surface area contributed by atoms with Gasteiger partial charge in [0, 0.05) is 11.1 Å². The van der Waals surface area contributed by atoms with E-state index in [1.165, 1.54) is 6.08 Å². The minimum absolute atomic E-state index is 0.138. The molecule has 0 bridgehead atoms. The normalized spacial score (nSPS) is 10.4. The molecule has 0 unspecified atom stereocenters. The van der Waals surface area contributed by atoms with Crippen LogP contribution in [0.3, 0.4) is 0 Å². The standard InChI is InChI=1S/C17H15N5O/c1-2-15(23)20-12-5-3-4-10(8-12)11-6-7-13-14(9-11)21-17(19)22-16(13)18/h2-9H,1H2,(H,20,23)(H4,18,19,21,22). The summed E-state index contributed by atoms with van der Waals surface area (Å²) in [5.41, 5.74) is 14.7. The van der Waals surface area contributed by atoms with E-state index in [0.717, 1.165) is 16.5 Å². The number of rotatable bonds is 3. The Morgan fingerprint density at radius 2 is 1.87 bits per heavy atom. The first-order chi connectivity index (χ1) is 11.1. The van der Waals surface area contributed by atoms with E-state index < -0.39 is 0 Å². The molecular formula is C17H15N5O. The number of nitrogens with two attached hydrogens (primary N) is 2. The molecule has 3 aromatic rings. The van der Waals surface area contributed by atoms with Crippen molar-refractivity contribution in [3.8, 4) is 11.1 Å². The number of carbonyl (C=O) groups excluding carboxylic acids is 1. The number of aromatic nitrogens is 2. The number of anilines is 3. The minimum atomic E-state index is -0.256. The predicted octanol–water partition coefficient (Wildman–Crippen LogP) is 2.59. The van der Waals surface area contributed by atoms with Crippen LogP contribution in [0.4, 0.5) is 17.5 Å². The van der Waals surface area contributed by atoms with Crippen molar-refractivity contribution in [3.05, 3.63) is 55.1 Å². The second kappa shape index (κ2) is 5.76. The van der Waals surface area contributed by atoms with Crippen LogP contribution >= 0.6 is 0 Å². The summed E-state index contributed by atoms with van der Waals surface area (Å²) in [5.74, 6) is 0.235. The van der Waals surface area contributed by atoms with Crippen LogP contribution in [0, 0.1) is 0 Å². The van der Waals surface area contributed by atoms with Crippen LogP contribution in [-0.4, -0.2) is 15.9 Å². The van der Waals surface area contributed by atoms with E-state index in [2.05, 4.69) is 21.9 Å². The zero-order chi connectivity index (χ0) is 16.4. The second-order valence-electron chi connectivity index (χ2n) is 4.97. The van der Waals surface area contributed by atoms with Crippen molar-refractivity contribution >= 4 is 34.3 Å². The summed E-state index contributed by atoms with van der Waals surface area (Å²) in [4.78, 5) is 19.6. The molecule has 2 aromatic carbocycles. The second-order valence-corrected chi connectivity index (χ2v) is 4.97. The number of hydrogen-bond donors (Lipinski definition) is 3. The molecule has 3 rings (SSSR count). The molecule has 0 radical (unpaired) electrons. The summed E-state index contributed by atoms with van der Waals surface area (Å²) in [7, 11) is 0. The number of hydrogen-bond acceptors (Lipinski definition) is 5. The summed E-state index contributed by atoms with van der Waals surface area (Å²) < 4.78 is 0. The van der Waals surface area contributed by atoms with Crippen LogP contribution in [-0.2, 0) is 4.79 Å². The van der Waals surface area contributed by atoms with E-state index in [0.29, 0.717) is 17.0 Å². The average molecular weight is 305 g/mol. The molecular weight excluding hydrogens is 290 g/mol. The van der Waals surface area contributed by atoms with Gasteiger partial charge in [-0.1, -0.05) is 24.8 Å². The lowest BCUT2D eigenvalue weighted by atomic mass is 10.0. The minimum Gasteiger partial charge on any atom is -0.383 e. The molecule has 0 spiro atoms. The van der Waals surface area contributed by atoms with Crippen molar-refractivity contribution in [1.29, 1.82) is 0 Å². The Morgan fingerprint density at radius 1 is 1.09 bits per heavy atom. The number of carbonyl (C=O) groups is 1. The van der Waals surface area contributed by atoms with Gasteiger partial charge in [0.15, 0.2) is 0 Å². The molecule has 0 atom stereocenters. The highest BCUT2D eigenvalue weighted by Gasteiger charge is 2.06. The maximum Gasteiger partial charge on any atom is 0.247 e. The largest absolute Gasteiger partial charge is 0.383 e. The van der Waals surface area contributed by atoms with Gasteiger partial charge in [-0.15, -0.1) is 0 Å². The number of nitrogens with zero attached hydrogens (tertiary/aromatic N) is 2. The summed E-state index contributed by atoms with van der Waals surface area (Å²) >= 11 is 0. The number of benzene rings is 2. The van der Waals surface area contributed by atoms with Gasteiger partial charge in [0.1, 0.15) is 5.82 Å². The first-order valence-electron chi connectivity index (χ1n) is 6.93. The molecule has 1 aromatic heterocycles. The molecule has 6 heteroatoms. The van der Waals surface area contributed by atoms with Crippen LogP contribution < -0.4 is 16.8 Å². The van der Waals surface area contributed by atoms with E-state index in [1.54, 1.807) is 0 Å². The third-order valence-corrected chi connectivity index (χ3v) is 3.39. The highest BCUT2D eigenvalue weighted by molar-refractivity contribution is 5.99. The predicted molar refractivity (Wildman–Crippen MR) is 92.6 cm³/mol. The maximum atomic E-state index is 11.4. The molecule has 0 aliphatic carbocycles. The van der Waals surface area contributed by atoms with Crippen molar-refractivity contribution in [2.75, 3.05) is 16.8 Å². The number of amides is 1. The molecule has 1 heterocycles.